The van der Waals surface area contributed by atoms with Crippen molar-refractivity contribution in [1.82, 2.24) is 15.2 Å². The second kappa shape index (κ2) is 12.6. The van der Waals surface area contributed by atoms with E-state index in [2.05, 4.69) is 0 Å². The molecule has 12 heteroatoms. The Bertz CT molecular complexity index is 1180. The van der Waals surface area contributed by atoms with Gasteiger partial charge in [-0.05, 0) is 101 Å². The zero-order valence-corrected chi connectivity index (χ0v) is 30.9. The van der Waals surface area contributed by atoms with Gasteiger partial charge in [0.2, 0.25) is 0 Å². The van der Waals surface area contributed by atoms with Crippen molar-refractivity contribution in [1.29, 1.82) is 0 Å². The van der Waals surface area contributed by atoms with Crippen molar-refractivity contribution in [2.24, 2.45) is 0 Å². The van der Waals surface area contributed by atoms with Gasteiger partial charge in [0.1, 0.15) is 18.3 Å². The molecule has 3 aliphatic rings. The lowest BCUT2D eigenvalue weighted by Crippen LogP contribution is -2.60. The highest BCUT2D eigenvalue weighted by Crippen LogP contribution is 2.41. The fourth-order valence-electron chi connectivity index (χ4n) is 8.44. The third-order valence-corrected chi connectivity index (χ3v) is 10.3. The molecular formula is C36H58N3O9+. The fourth-order valence-corrected chi connectivity index (χ4v) is 8.44. The third kappa shape index (κ3) is 7.89. The van der Waals surface area contributed by atoms with E-state index in [1.165, 1.54) is 28.3 Å². The molecule has 12 nitrogen and oxygen atoms in total. The fraction of sp³-hybridized carbons (Fsp3) is 0.750. The summed E-state index contributed by atoms with van der Waals surface area (Å²) in [5.74, 6) is -2.11. The van der Waals surface area contributed by atoms with E-state index in [1.54, 1.807) is 5.06 Å². The van der Waals surface area contributed by atoms with Crippen molar-refractivity contribution in [3.63, 3.8) is 0 Å². The first-order valence-electron chi connectivity index (χ1n) is 16.9. The molecule has 0 saturated carbocycles. The lowest BCUT2D eigenvalue weighted by atomic mass is 9.80. The minimum atomic E-state index is -0.706. The van der Waals surface area contributed by atoms with Crippen molar-refractivity contribution in [2.45, 2.75) is 173 Å². The Kier molecular flexibility index (Phi) is 10.0. The van der Waals surface area contributed by atoms with E-state index in [-0.39, 0.29) is 16.7 Å². The summed E-state index contributed by atoms with van der Waals surface area (Å²) in [5, 5.41) is 34.1. The molecule has 0 atom stereocenters. The highest BCUT2D eigenvalue weighted by atomic mass is 16.6. The Labute approximate surface area is 285 Å². The first kappa shape index (κ1) is 38.2. The Hall–Kier alpha value is -2.61. The number of nitrogens with zero attached hydrogens (tertiary/aromatic N) is 3. The van der Waals surface area contributed by atoms with Crippen LogP contribution >= 0.6 is 0 Å². The lowest BCUT2D eigenvalue weighted by molar-refractivity contribution is -0.256. The molecule has 0 aliphatic carbocycles. The third-order valence-electron chi connectivity index (χ3n) is 10.3. The molecule has 0 spiro atoms. The molecule has 3 aliphatic heterocycles. The van der Waals surface area contributed by atoms with Crippen LogP contribution in [0.2, 0.25) is 0 Å². The Morgan fingerprint density at radius 2 is 0.729 bits per heavy atom. The van der Waals surface area contributed by atoms with Gasteiger partial charge in [-0.2, -0.15) is 10.1 Å². The second-order valence-corrected chi connectivity index (χ2v) is 17.9. The summed E-state index contributed by atoms with van der Waals surface area (Å²) in [6.45, 7) is 22.7. The minimum absolute atomic E-state index is 0.00548. The SMILES string of the molecule is CC1(C)CC(OC(=O)c2cc(C(=O)OC3CC(C)(C)N(O)C(C)(C)C3)cc(C(=O)OC3CC(C)(C)N([OH2+])C(C)(C)C3)c2)CC(C)(C)N1O. The van der Waals surface area contributed by atoms with Crippen molar-refractivity contribution >= 4 is 17.9 Å². The van der Waals surface area contributed by atoms with Gasteiger partial charge in [-0.1, -0.05) is 5.06 Å². The summed E-state index contributed by atoms with van der Waals surface area (Å²) in [6.07, 6.45) is 0.856. The molecular weight excluding hydrogens is 618 g/mol. The number of piperidine rings is 3. The molecule has 48 heavy (non-hydrogen) atoms. The van der Waals surface area contributed by atoms with E-state index < -0.39 is 69.5 Å². The number of hydroxylamine groups is 6. The van der Waals surface area contributed by atoms with Crippen LogP contribution in [0, 0.1) is 0 Å². The summed E-state index contributed by atoms with van der Waals surface area (Å²) in [5.41, 5.74) is -3.71. The van der Waals surface area contributed by atoms with Crippen LogP contribution in [0.4, 0.5) is 0 Å². The first-order valence-corrected chi connectivity index (χ1v) is 16.9. The van der Waals surface area contributed by atoms with Gasteiger partial charge in [0.05, 0.1) is 27.8 Å². The normalized spacial score (nSPS) is 26.1. The van der Waals surface area contributed by atoms with Crippen LogP contribution in [-0.4, -0.2) is 100 Å². The van der Waals surface area contributed by atoms with Crippen LogP contribution in [0.15, 0.2) is 18.2 Å². The number of rotatable bonds is 6. The monoisotopic (exact) mass is 676 g/mol. The van der Waals surface area contributed by atoms with Gasteiger partial charge < -0.3 is 29.8 Å². The molecule has 0 bridgehead atoms. The van der Waals surface area contributed by atoms with Gasteiger partial charge in [0, 0.05) is 60.7 Å². The molecule has 0 aromatic heterocycles. The average Bonchev–Trinajstić information content (AvgIpc) is 2.92. The topological polar surface area (TPSA) is 152 Å². The molecule has 3 heterocycles. The van der Waals surface area contributed by atoms with Crippen molar-refractivity contribution < 1.29 is 44.2 Å². The lowest BCUT2D eigenvalue weighted by Gasteiger charge is -2.50. The number of benzene rings is 1. The predicted octanol–water partition coefficient (Wildman–Crippen LogP) is 5.64. The minimum Gasteiger partial charge on any atom is -0.459 e. The van der Waals surface area contributed by atoms with Gasteiger partial charge in [-0.25, -0.2) is 14.4 Å². The highest BCUT2D eigenvalue weighted by molar-refractivity contribution is 6.00. The molecule has 3 saturated heterocycles. The van der Waals surface area contributed by atoms with Crippen molar-refractivity contribution in [3.05, 3.63) is 34.9 Å². The summed E-state index contributed by atoms with van der Waals surface area (Å²) >= 11 is 0. The van der Waals surface area contributed by atoms with E-state index in [0.29, 0.717) is 38.5 Å². The summed E-state index contributed by atoms with van der Waals surface area (Å²) < 4.78 is 17.9. The molecule has 3 fully saturated rings. The number of esters is 3. The van der Waals surface area contributed by atoms with Crippen LogP contribution in [-0.2, 0) is 14.2 Å². The molecule has 1 aromatic rings. The molecule has 1 aromatic carbocycles. The van der Waals surface area contributed by atoms with Crippen molar-refractivity contribution in [2.75, 3.05) is 0 Å². The van der Waals surface area contributed by atoms with Gasteiger partial charge in [-0.15, -0.1) is 0 Å². The van der Waals surface area contributed by atoms with E-state index in [4.69, 9.17) is 19.4 Å². The maximum atomic E-state index is 13.7. The molecule has 270 valence electrons. The summed E-state index contributed by atoms with van der Waals surface area (Å²) in [4.78, 5) is 41.1. The van der Waals surface area contributed by atoms with Crippen LogP contribution in [0.1, 0.15) is 153 Å². The van der Waals surface area contributed by atoms with Crippen LogP contribution in [0.25, 0.3) is 0 Å². The first-order chi connectivity index (χ1) is 21.7. The molecule has 0 amide bonds. The average molecular weight is 677 g/mol. The molecule has 0 unspecified atom stereocenters. The number of carbonyl (C=O) groups excluding carboxylic acids is 3. The largest absolute Gasteiger partial charge is 0.459 e. The van der Waals surface area contributed by atoms with Gasteiger partial charge in [0.25, 0.3) is 0 Å². The van der Waals surface area contributed by atoms with E-state index >= 15 is 0 Å². The van der Waals surface area contributed by atoms with E-state index in [1.807, 2.05) is 83.1 Å². The zero-order chi connectivity index (χ0) is 36.4. The van der Waals surface area contributed by atoms with Gasteiger partial charge >= 0.3 is 17.9 Å². The second-order valence-electron chi connectivity index (χ2n) is 17.9. The summed E-state index contributed by atoms with van der Waals surface area (Å²) in [7, 11) is 0. The Balaban J connectivity index is 1.64. The smallest absolute Gasteiger partial charge is 0.338 e. The number of ether oxygens (including phenoxy) is 3. The van der Waals surface area contributed by atoms with E-state index in [9.17, 15) is 24.8 Å². The van der Waals surface area contributed by atoms with Gasteiger partial charge in [0.15, 0.2) is 0 Å². The van der Waals surface area contributed by atoms with Crippen LogP contribution in [0.3, 0.4) is 0 Å². The standard InChI is InChI=1S/C36H57N3O9/c1-31(2)16-25(17-32(3,4)37(31)43)46-28(40)22-13-23(29(41)47-26-18-33(5,6)38(44)34(7,8)19-26)15-24(14-22)30(42)48-27-20-35(9,10)39(45)36(11,12)21-27/h13-15,25-27,43-45H,16-21H2,1-12H3/p+1. The predicted molar refractivity (Wildman–Crippen MR) is 179 cm³/mol. The van der Waals surface area contributed by atoms with Crippen LogP contribution < -0.4 is 0 Å². The molecule has 4 rings (SSSR count). The zero-order valence-electron chi connectivity index (χ0n) is 30.9. The summed E-state index contributed by atoms with van der Waals surface area (Å²) in [6, 6.07) is 4.14. The highest BCUT2D eigenvalue weighted by Gasteiger charge is 2.50. The Morgan fingerprint density at radius 3 is 0.958 bits per heavy atom. The van der Waals surface area contributed by atoms with Gasteiger partial charge in [-0.3, -0.25) is 0 Å². The maximum Gasteiger partial charge on any atom is 0.338 e. The van der Waals surface area contributed by atoms with E-state index in [0.717, 1.165) is 0 Å². The van der Waals surface area contributed by atoms with Crippen molar-refractivity contribution in [3.8, 4) is 0 Å². The number of carbonyl (C=O) groups is 3. The van der Waals surface area contributed by atoms with Crippen LogP contribution in [0.5, 0.6) is 0 Å². The number of hydrogen-bond acceptors (Lipinski definition) is 11. The number of hydrogen-bond donors (Lipinski definition) is 2. The Morgan fingerprint density at radius 1 is 0.521 bits per heavy atom. The molecule has 4 N–H and O–H groups in total. The molecule has 0 radical (unpaired) electrons. The maximum absolute atomic E-state index is 13.7. The quantitative estimate of drug-likeness (QED) is 0.219.